The second-order valence-corrected chi connectivity index (χ2v) is 8.09. The minimum absolute atomic E-state index is 0. The first-order chi connectivity index (χ1) is 13.7. The van der Waals surface area contributed by atoms with Crippen molar-refractivity contribution in [2.75, 3.05) is 14.1 Å². The summed E-state index contributed by atoms with van der Waals surface area (Å²) in [5.41, 5.74) is 1.15. The third kappa shape index (κ3) is 7.85. The number of ether oxygens (including phenoxy) is 1. The van der Waals surface area contributed by atoms with Gasteiger partial charge in [-0.15, -0.1) is 24.0 Å². The molecule has 12 heteroatoms. The number of alkyl halides is 2. The lowest BCUT2D eigenvalue weighted by atomic mass is 10.2. The zero-order chi connectivity index (χ0) is 21.4. The van der Waals surface area contributed by atoms with E-state index < -0.39 is 16.6 Å². The normalized spacial score (nSPS) is 11.7. The zero-order valence-corrected chi connectivity index (χ0v) is 20.1. The van der Waals surface area contributed by atoms with Gasteiger partial charge in [-0.1, -0.05) is 23.7 Å². The van der Waals surface area contributed by atoms with Gasteiger partial charge in [0.15, 0.2) is 5.96 Å². The first-order valence-electron chi connectivity index (χ1n) is 8.45. The minimum Gasteiger partial charge on any atom is -0.434 e. The fraction of sp³-hybridized carbons (Fsp3) is 0.278. The molecule has 0 amide bonds. The first-order valence-corrected chi connectivity index (χ1v) is 10.3. The van der Waals surface area contributed by atoms with E-state index in [-0.39, 0.29) is 41.2 Å². The number of nitrogens with zero attached hydrogens (tertiary/aromatic N) is 1. The predicted octanol–water partition coefficient (Wildman–Crippen LogP) is 3.33. The average molecular weight is 575 g/mol. The second-order valence-electron chi connectivity index (χ2n) is 5.76. The Bertz CT molecular complexity index is 978. The number of halogens is 4. The highest BCUT2D eigenvalue weighted by Crippen LogP contribution is 2.24. The molecule has 0 unspecified atom stereocenters. The lowest BCUT2D eigenvalue weighted by Crippen LogP contribution is -2.36. The Morgan fingerprint density at radius 3 is 2.50 bits per heavy atom. The van der Waals surface area contributed by atoms with Gasteiger partial charge in [0.05, 0.1) is 4.90 Å². The molecule has 2 aromatic carbocycles. The molecule has 0 saturated carbocycles. The van der Waals surface area contributed by atoms with Crippen LogP contribution in [0.15, 0.2) is 52.4 Å². The van der Waals surface area contributed by atoms with E-state index in [1.54, 1.807) is 19.2 Å². The van der Waals surface area contributed by atoms with Gasteiger partial charge in [-0.3, -0.25) is 4.99 Å². The lowest BCUT2D eigenvalue weighted by Gasteiger charge is -2.15. The SMILES string of the molecule is CN=C(NCc1cccc(S(=O)(=O)NC)c1)NCc1cc(Cl)ccc1OC(F)F.I. The van der Waals surface area contributed by atoms with Gasteiger partial charge in [-0.25, -0.2) is 13.1 Å². The molecule has 0 aliphatic heterocycles. The highest BCUT2D eigenvalue weighted by molar-refractivity contribution is 14.0. The van der Waals surface area contributed by atoms with Crippen molar-refractivity contribution in [3.63, 3.8) is 0 Å². The molecule has 0 spiro atoms. The Hall–Kier alpha value is -1.70. The summed E-state index contributed by atoms with van der Waals surface area (Å²) >= 11 is 5.94. The standard InChI is InChI=1S/C18H21ClF2N4O3S.HI/c1-22-18(24-10-12-4-3-5-15(8-12)29(26,27)23-2)25-11-13-9-14(19)6-7-16(13)28-17(20)21;/h3-9,17,23H,10-11H2,1-2H3,(H2,22,24,25);1H. The van der Waals surface area contributed by atoms with Crippen molar-refractivity contribution in [1.29, 1.82) is 0 Å². The maximum Gasteiger partial charge on any atom is 0.387 e. The van der Waals surface area contributed by atoms with E-state index in [0.717, 1.165) is 0 Å². The van der Waals surface area contributed by atoms with Crippen molar-refractivity contribution in [2.24, 2.45) is 4.99 Å². The number of hydrogen-bond donors (Lipinski definition) is 3. The molecule has 3 N–H and O–H groups in total. The largest absolute Gasteiger partial charge is 0.434 e. The predicted molar refractivity (Wildman–Crippen MR) is 123 cm³/mol. The lowest BCUT2D eigenvalue weighted by molar-refractivity contribution is -0.0504. The smallest absolute Gasteiger partial charge is 0.387 e. The van der Waals surface area contributed by atoms with E-state index in [1.165, 1.54) is 37.4 Å². The summed E-state index contributed by atoms with van der Waals surface area (Å²) < 4.78 is 55.7. The highest BCUT2D eigenvalue weighted by Gasteiger charge is 2.13. The Morgan fingerprint density at radius 1 is 1.17 bits per heavy atom. The van der Waals surface area contributed by atoms with Crippen molar-refractivity contribution in [1.82, 2.24) is 15.4 Å². The van der Waals surface area contributed by atoms with Crippen molar-refractivity contribution in [3.05, 3.63) is 58.6 Å². The second kappa shape index (κ2) is 12.2. The summed E-state index contributed by atoms with van der Waals surface area (Å²) in [5.74, 6) is 0.396. The molecule has 0 atom stereocenters. The van der Waals surface area contributed by atoms with Crippen LogP contribution in [0.5, 0.6) is 5.75 Å². The molecule has 166 valence electrons. The van der Waals surface area contributed by atoms with Crippen molar-refractivity contribution >= 4 is 51.6 Å². The number of guanidine groups is 1. The van der Waals surface area contributed by atoms with E-state index in [4.69, 9.17) is 11.6 Å². The number of hydrogen-bond acceptors (Lipinski definition) is 4. The number of benzene rings is 2. The summed E-state index contributed by atoms with van der Waals surface area (Å²) in [6, 6.07) is 10.8. The van der Waals surface area contributed by atoms with Gasteiger partial charge in [0.1, 0.15) is 5.75 Å². The van der Waals surface area contributed by atoms with Gasteiger partial charge >= 0.3 is 6.61 Å². The van der Waals surface area contributed by atoms with Crippen molar-refractivity contribution in [2.45, 2.75) is 24.6 Å². The van der Waals surface area contributed by atoms with Crippen LogP contribution in [0.2, 0.25) is 5.02 Å². The summed E-state index contributed by atoms with van der Waals surface area (Å²) in [4.78, 5) is 4.21. The summed E-state index contributed by atoms with van der Waals surface area (Å²) in [7, 11) is -0.653. The maximum absolute atomic E-state index is 12.6. The molecule has 0 saturated heterocycles. The van der Waals surface area contributed by atoms with Crippen LogP contribution in [0.1, 0.15) is 11.1 Å². The number of rotatable bonds is 8. The monoisotopic (exact) mass is 574 g/mol. The van der Waals surface area contributed by atoms with Crippen molar-refractivity contribution in [3.8, 4) is 5.75 Å². The fourth-order valence-corrected chi connectivity index (χ4v) is 3.42. The minimum atomic E-state index is -3.54. The third-order valence-electron chi connectivity index (χ3n) is 3.85. The van der Waals surface area contributed by atoms with Crippen LogP contribution in [0.4, 0.5) is 8.78 Å². The number of nitrogens with one attached hydrogen (secondary N) is 3. The molecule has 0 bridgehead atoms. The van der Waals surface area contributed by atoms with Crippen LogP contribution in [0.25, 0.3) is 0 Å². The van der Waals surface area contributed by atoms with Crippen LogP contribution in [-0.2, 0) is 23.1 Å². The molecular formula is C18H22ClF2IN4O3S. The molecule has 0 radical (unpaired) electrons. The summed E-state index contributed by atoms with van der Waals surface area (Å²) in [6.07, 6.45) is 0. The van der Waals surface area contributed by atoms with E-state index in [1.807, 2.05) is 0 Å². The zero-order valence-electron chi connectivity index (χ0n) is 16.2. The molecule has 0 aromatic heterocycles. The Balaban J connectivity index is 0.00000450. The Kier molecular flexibility index (Phi) is 10.7. The van der Waals surface area contributed by atoms with Gasteiger partial charge in [0, 0.05) is 30.7 Å². The molecule has 0 heterocycles. The average Bonchev–Trinajstić information content (AvgIpc) is 2.70. The topological polar surface area (TPSA) is 91.8 Å². The van der Waals surface area contributed by atoms with Gasteiger partial charge in [-0.2, -0.15) is 8.78 Å². The van der Waals surface area contributed by atoms with Gasteiger partial charge in [-0.05, 0) is 42.9 Å². The van der Waals surface area contributed by atoms with E-state index in [9.17, 15) is 17.2 Å². The van der Waals surface area contributed by atoms with Gasteiger partial charge in [0.2, 0.25) is 10.0 Å². The molecule has 7 nitrogen and oxygen atoms in total. The Labute approximate surface area is 196 Å². The molecular weight excluding hydrogens is 553 g/mol. The van der Waals surface area contributed by atoms with Crippen LogP contribution in [-0.4, -0.2) is 35.1 Å². The first kappa shape index (κ1) is 26.3. The van der Waals surface area contributed by atoms with E-state index >= 15 is 0 Å². The molecule has 0 aliphatic rings. The summed E-state index contributed by atoms with van der Waals surface area (Å²) in [5, 5.41) is 6.39. The van der Waals surface area contributed by atoms with Crippen molar-refractivity contribution < 1.29 is 21.9 Å². The molecule has 0 aliphatic carbocycles. The van der Waals surface area contributed by atoms with Crippen LogP contribution < -0.4 is 20.1 Å². The van der Waals surface area contributed by atoms with Crippen LogP contribution in [0, 0.1) is 0 Å². The van der Waals surface area contributed by atoms with Gasteiger partial charge in [0.25, 0.3) is 0 Å². The van der Waals surface area contributed by atoms with Crippen LogP contribution in [0.3, 0.4) is 0 Å². The number of sulfonamides is 1. The fourth-order valence-electron chi connectivity index (χ4n) is 2.42. The number of aliphatic imine (C=N–C) groups is 1. The molecule has 2 rings (SSSR count). The third-order valence-corrected chi connectivity index (χ3v) is 5.49. The van der Waals surface area contributed by atoms with Crippen LogP contribution >= 0.6 is 35.6 Å². The van der Waals surface area contributed by atoms with E-state index in [2.05, 4.69) is 25.1 Å². The quantitative estimate of drug-likeness (QED) is 0.256. The van der Waals surface area contributed by atoms with Gasteiger partial charge < -0.3 is 15.4 Å². The molecule has 2 aromatic rings. The molecule has 30 heavy (non-hydrogen) atoms. The van der Waals surface area contributed by atoms with E-state index in [0.29, 0.717) is 28.7 Å². The summed E-state index contributed by atoms with van der Waals surface area (Å²) in [6.45, 7) is -2.52. The molecule has 0 fully saturated rings. The Morgan fingerprint density at radius 2 is 1.87 bits per heavy atom. The highest BCUT2D eigenvalue weighted by atomic mass is 127. The maximum atomic E-state index is 12.6.